The molecule has 4 rings (SSSR count). The summed E-state index contributed by atoms with van der Waals surface area (Å²) < 4.78 is 7.05. The van der Waals surface area contributed by atoms with Gasteiger partial charge in [0.1, 0.15) is 18.2 Å². The Bertz CT molecular complexity index is 1120. The Morgan fingerprint density at radius 2 is 1.63 bits per heavy atom. The van der Waals surface area contributed by atoms with Crippen LogP contribution >= 0.6 is 0 Å². The van der Waals surface area contributed by atoms with Gasteiger partial charge < -0.3 is 10.5 Å². The van der Waals surface area contributed by atoms with Crippen LogP contribution in [0.2, 0.25) is 0 Å². The molecule has 0 saturated carbocycles. The first-order valence-corrected chi connectivity index (χ1v) is 8.23. The lowest BCUT2D eigenvalue weighted by Crippen LogP contribution is -2.24. The van der Waals surface area contributed by atoms with E-state index in [0.717, 1.165) is 11.6 Å². The average Bonchev–Trinajstić information content (AvgIpc) is 2.95. The lowest BCUT2D eigenvalue weighted by molar-refractivity contribution is 0.0880. The van der Waals surface area contributed by atoms with Crippen LogP contribution in [0.3, 0.4) is 0 Å². The molecule has 0 aliphatic carbocycles. The number of anilines is 1. The quantitative estimate of drug-likeness (QED) is 0.691. The highest BCUT2D eigenvalue weighted by Gasteiger charge is 2.32. The van der Waals surface area contributed by atoms with Crippen LogP contribution in [0.4, 0.5) is 5.82 Å². The number of hydrogen-bond acceptors (Lipinski definition) is 5. The maximum absolute atomic E-state index is 12.6. The monoisotopic (exact) mass is 361 g/mol. The number of fused-ring (bicyclic) bond motifs is 1. The van der Waals surface area contributed by atoms with Gasteiger partial charge in [-0.25, -0.2) is 0 Å². The van der Waals surface area contributed by atoms with E-state index in [9.17, 15) is 14.4 Å². The lowest BCUT2D eigenvalue weighted by atomic mass is 10.1. The SMILES string of the molecule is Nc1c2c(cc(=O)n1-c1ccccc1OCc1ccccc1)C(=O)NC2=O. The van der Waals surface area contributed by atoms with Crippen molar-refractivity contribution in [3.8, 4) is 11.4 Å². The third-order valence-electron chi connectivity index (χ3n) is 4.30. The predicted molar refractivity (Wildman–Crippen MR) is 99.0 cm³/mol. The number of nitrogen functional groups attached to an aromatic ring is 1. The summed E-state index contributed by atoms with van der Waals surface area (Å²) in [5, 5.41) is 2.15. The van der Waals surface area contributed by atoms with Gasteiger partial charge in [0.05, 0.1) is 16.8 Å². The number of ether oxygens (including phenoxy) is 1. The number of nitrogens with zero attached hydrogens (tertiary/aromatic N) is 1. The molecule has 0 spiro atoms. The van der Waals surface area contributed by atoms with Crippen molar-refractivity contribution < 1.29 is 14.3 Å². The van der Waals surface area contributed by atoms with Gasteiger partial charge in [-0.1, -0.05) is 42.5 Å². The Hall–Kier alpha value is -3.87. The molecule has 2 heterocycles. The van der Waals surface area contributed by atoms with E-state index >= 15 is 0 Å². The number of hydrogen-bond donors (Lipinski definition) is 2. The van der Waals surface area contributed by atoms with E-state index in [1.807, 2.05) is 30.3 Å². The minimum atomic E-state index is -0.625. The zero-order valence-corrected chi connectivity index (χ0v) is 14.1. The Balaban J connectivity index is 1.79. The summed E-state index contributed by atoms with van der Waals surface area (Å²) >= 11 is 0. The van der Waals surface area contributed by atoms with Gasteiger partial charge in [-0.2, -0.15) is 0 Å². The Labute approximate surface area is 154 Å². The maximum atomic E-state index is 12.6. The van der Waals surface area contributed by atoms with Crippen LogP contribution in [0.25, 0.3) is 5.69 Å². The molecule has 3 N–H and O–H groups in total. The second-order valence-electron chi connectivity index (χ2n) is 6.02. The number of nitrogens with one attached hydrogen (secondary N) is 1. The number of pyridine rings is 1. The highest BCUT2D eigenvalue weighted by atomic mass is 16.5. The minimum absolute atomic E-state index is 0.00235. The van der Waals surface area contributed by atoms with E-state index < -0.39 is 17.4 Å². The summed E-state index contributed by atoms with van der Waals surface area (Å²) in [6, 6.07) is 17.6. The summed E-state index contributed by atoms with van der Waals surface area (Å²) in [5.41, 5.74) is 6.91. The molecule has 2 aromatic carbocycles. The third-order valence-corrected chi connectivity index (χ3v) is 4.30. The summed E-state index contributed by atoms with van der Waals surface area (Å²) in [4.78, 5) is 36.4. The molecular weight excluding hydrogens is 346 g/mol. The third kappa shape index (κ3) is 2.85. The molecule has 0 saturated heterocycles. The Morgan fingerprint density at radius 3 is 2.41 bits per heavy atom. The molecule has 0 radical (unpaired) electrons. The van der Waals surface area contributed by atoms with Crippen molar-refractivity contribution >= 4 is 17.6 Å². The lowest BCUT2D eigenvalue weighted by Gasteiger charge is -2.16. The molecular formula is C20H15N3O4. The molecule has 2 amide bonds. The van der Waals surface area contributed by atoms with Crippen molar-refractivity contribution in [3.63, 3.8) is 0 Å². The van der Waals surface area contributed by atoms with Crippen molar-refractivity contribution in [3.05, 3.63) is 87.7 Å². The van der Waals surface area contributed by atoms with E-state index in [4.69, 9.17) is 10.5 Å². The number of amides is 2. The first-order valence-electron chi connectivity index (χ1n) is 8.23. The Kier molecular flexibility index (Phi) is 3.97. The summed E-state index contributed by atoms with van der Waals surface area (Å²) in [6.45, 7) is 0.302. The summed E-state index contributed by atoms with van der Waals surface area (Å²) in [6.07, 6.45) is 0. The van der Waals surface area contributed by atoms with Crippen LogP contribution in [0, 0.1) is 0 Å². The topological polar surface area (TPSA) is 103 Å². The first-order chi connectivity index (χ1) is 13.1. The largest absolute Gasteiger partial charge is 0.487 e. The number of carbonyl (C=O) groups excluding carboxylic acids is 2. The van der Waals surface area contributed by atoms with Gasteiger partial charge in [-0.05, 0) is 17.7 Å². The number of carbonyl (C=O) groups is 2. The van der Waals surface area contributed by atoms with Crippen LogP contribution in [0.15, 0.2) is 65.5 Å². The van der Waals surface area contributed by atoms with Crippen molar-refractivity contribution in [2.75, 3.05) is 5.73 Å². The molecule has 1 aromatic heterocycles. The fourth-order valence-electron chi connectivity index (χ4n) is 3.03. The van der Waals surface area contributed by atoms with Crippen LogP contribution in [0.1, 0.15) is 26.3 Å². The standard InChI is InChI=1S/C20H15N3O4/c21-18-17-13(19(25)22-20(17)26)10-16(24)23(18)14-8-4-5-9-15(14)27-11-12-6-2-1-3-7-12/h1-10H,11,21H2,(H,22,25,26). The molecule has 7 nitrogen and oxygen atoms in total. The molecule has 134 valence electrons. The normalized spacial score (nSPS) is 12.6. The van der Waals surface area contributed by atoms with Crippen LogP contribution in [-0.4, -0.2) is 16.4 Å². The van der Waals surface area contributed by atoms with Crippen molar-refractivity contribution in [1.82, 2.24) is 9.88 Å². The van der Waals surface area contributed by atoms with E-state index in [-0.39, 0.29) is 16.9 Å². The van der Waals surface area contributed by atoms with Crippen molar-refractivity contribution in [2.45, 2.75) is 6.61 Å². The highest BCUT2D eigenvalue weighted by molar-refractivity contribution is 6.23. The van der Waals surface area contributed by atoms with Gasteiger partial charge in [0.15, 0.2) is 0 Å². The smallest absolute Gasteiger partial charge is 0.262 e. The van der Waals surface area contributed by atoms with Crippen LogP contribution in [0.5, 0.6) is 5.75 Å². The molecule has 3 aromatic rings. The van der Waals surface area contributed by atoms with Crippen molar-refractivity contribution in [1.29, 1.82) is 0 Å². The molecule has 0 fully saturated rings. The number of aromatic nitrogens is 1. The minimum Gasteiger partial charge on any atom is -0.487 e. The Morgan fingerprint density at radius 1 is 0.926 bits per heavy atom. The van der Waals surface area contributed by atoms with Gasteiger partial charge >= 0.3 is 0 Å². The van der Waals surface area contributed by atoms with E-state index in [1.54, 1.807) is 24.3 Å². The van der Waals surface area contributed by atoms with E-state index in [0.29, 0.717) is 18.0 Å². The van der Waals surface area contributed by atoms with Gasteiger partial charge in [0, 0.05) is 6.07 Å². The van der Waals surface area contributed by atoms with E-state index in [2.05, 4.69) is 5.32 Å². The summed E-state index contributed by atoms with van der Waals surface area (Å²) in [7, 11) is 0. The first kappa shape index (κ1) is 16.6. The number of rotatable bonds is 4. The fourth-order valence-corrected chi connectivity index (χ4v) is 3.03. The second kappa shape index (κ2) is 6.45. The van der Waals surface area contributed by atoms with Gasteiger partial charge in [-0.15, -0.1) is 0 Å². The van der Waals surface area contributed by atoms with Gasteiger partial charge in [0.25, 0.3) is 17.4 Å². The van der Waals surface area contributed by atoms with Gasteiger partial charge in [-0.3, -0.25) is 24.3 Å². The average molecular weight is 361 g/mol. The molecule has 1 aliphatic heterocycles. The number of para-hydroxylation sites is 2. The molecule has 1 aliphatic rings. The molecule has 0 unspecified atom stereocenters. The molecule has 7 heteroatoms. The molecule has 0 bridgehead atoms. The van der Waals surface area contributed by atoms with Crippen molar-refractivity contribution in [2.24, 2.45) is 0 Å². The van der Waals surface area contributed by atoms with E-state index in [1.165, 1.54) is 4.57 Å². The fraction of sp³-hybridized carbons (Fsp3) is 0.0500. The van der Waals surface area contributed by atoms with Crippen LogP contribution < -0.4 is 21.3 Å². The molecule has 27 heavy (non-hydrogen) atoms. The van der Waals surface area contributed by atoms with Crippen LogP contribution in [-0.2, 0) is 6.61 Å². The van der Waals surface area contributed by atoms with Gasteiger partial charge in [0.2, 0.25) is 0 Å². The zero-order chi connectivity index (χ0) is 19.0. The number of benzene rings is 2. The predicted octanol–water partition coefficient (Wildman–Crippen LogP) is 1.88. The second-order valence-corrected chi connectivity index (χ2v) is 6.02. The number of imide groups is 1. The summed E-state index contributed by atoms with van der Waals surface area (Å²) in [5.74, 6) is -0.917. The zero-order valence-electron chi connectivity index (χ0n) is 14.1. The molecule has 0 atom stereocenters. The highest BCUT2D eigenvalue weighted by Crippen LogP contribution is 2.28. The maximum Gasteiger partial charge on any atom is 0.262 e. The number of nitrogens with two attached hydrogens (primary N) is 1.